The summed E-state index contributed by atoms with van der Waals surface area (Å²) >= 11 is 15.0. The van der Waals surface area contributed by atoms with Crippen molar-refractivity contribution >= 4 is 57.3 Å². The van der Waals surface area contributed by atoms with Gasteiger partial charge in [0.1, 0.15) is 5.75 Å². The fourth-order valence-corrected chi connectivity index (χ4v) is 3.94. The van der Waals surface area contributed by atoms with Crippen LogP contribution in [0.1, 0.15) is 0 Å². The molecule has 8 heteroatoms. The number of halogens is 2. The van der Waals surface area contributed by atoms with Gasteiger partial charge < -0.3 is 10.1 Å². The minimum atomic E-state index is -0.121. The lowest BCUT2D eigenvalue weighted by Gasteiger charge is -2.04. The maximum absolute atomic E-state index is 12.1. The summed E-state index contributed by atoms with van der Waals surface area (Å²) in [7, 11) is 1.62. The van der Waals surface area contributed by atoms with Crippen molar-refractivity contribution < 1.29 is 9.53 Å². The zero-order chi connectivity index (χ0) is 18.5. The molecule has 1 aromatic heterocycles. The van der Waals surface area contributed by atoms with Gasteiger partial charge in [0.15, 0.2) is 5.13 Å². The number of carbonyl (C=O) groups excluding carboxylic acids is 1. The Morgan fingerprint density at radius 3 is 2.73 bits per heavy atom. The Hall–Kier alpha value is -1.73. The Bertz CT molecular complexity index is 914. The number of amides is 1. The number of aromatic nitrogens is 1. The highest BCUT2D eigenvalue weighted by atomic mass is 35.5. The SMILES string of the molecule is COc1ccc(SCC(=O)Nc2nc(-c3cc(Cl)ccc3Cl)cs2)cc1. The number of anilines is 1. The molecule has 0 spiro atoms. The van der Waals surface area contributed by atoms with Crippen LogP contribution in [0.2, 0.25) is 10.0 Å². The molecule has 0 radical (unpaired) electrons. The standard InChI is InChI=1S/C18H14Cl2N2O2S2/c1-24-12-3-5-13(6-4-12)25-10-17(23)22-18-21-16(9-26-18)14-8-11(19)2-7-15(14)20/h2-9H,10H2,1H3,(H,21,22,23). The number of benzene rings is 2. The number of ether oxygens (including phenoxy) is 1. The van der Waals surface area contributed by atoms with E-state index in [4.69, 9.17) is 27.9 Å². The number of thiazole rings is 1. The van der Waals surface area contributed by atoms with Crippen molar-refractivity contribution in [2.45, 2.75) is 4.90 Å². The lowest BCUT2D eigenvalue weighted by atomic mass is 10.2. The predicted molar refractivity (Wildman–Crippen MR) is 110 cm³/mol. The smallest absolute Gasteiger partial charge is 0.236 e. The molecule has 0 aliphatic carbocycles. The monoisotopic (exact) mass is 424 g/mol. The molecule has 0 aliphatic heterocycles. The first-order valence-electron chi connectivity index (χ1n) is 7.53. The average Bonchev–Trinajstić information content (AvgIpc) is 3.10. The first-order valence-corrected chi connectivity index (χ1v) is 10.1. The molecule has 0 atom stereocenters. The van der Waals surface area contributed by atoms with Crippen molar-refractivity contribution in [2.24, 2.45) is 0 Å². The third-order valence-corrected chi connectivity index (χ3v) is 5.72. The molecule has 0 saturated carbocycles. The number of rotatable bonds is 6. The molecule has 0 aliphatic rings. The third kappa shape index (κ3) is 4.92. The summed E-state index contributed by atoms with van der Waals surface area (Å²) in [6, 6.07) is 12.8. The van der Waals surface area contributed by atoms with Crippen molar-refractivity contribution in [2.75, 3.05) is 18.2 Å². The zero-order valence-electron chi connectivity index (χ0n) is 13.7. The van der Waals surface area contributed by atoms with Crippen molar-refractivity contribution in [1.29, 1.82) is 0 Å². The summed E-state index contributed by atoms with van der Waals surface area (Å²) in [6.07, 6.45) is 0. The number of methoxy groups -OCH3 is 1. The van der Waals surface area contributed by atoms with E-state index < -0.39 is 0 Å². The highest BCUT2D eigenvalue weighted by Gasteiger charge is 2.11. The number of carbonyl (C=O) groups is 1. The fraction of sp³-hybridized carbons (Fsp3) is 0.111. The quantitative estimate of drug-likeness (QED) is 0.503. The van der Waals surface area contributed by atoms with Crippen LogP contribution >= 0.6 is 46.3 Å². The Balaban J connectivity index is 1.59. The second-order valence-corrected chi connectivity index (χ2v) is 7.92. The molecule has 26 heavy (non-hydrogen) atoms. The maximum atomic E-state index is 12.1. The Kier molecular flexibility index (Phi) is 6.43. The van der Waals surface area contributed by atoms with Crippen LogP contribution in [-0.4, -0.2) is 23.8 Å². The lowest BCUT2D eigenvalue weighted by molar-refractivity contribution is -0.113. The third-order valence-electron chi connectivity index (χ3n) is 3.38. The van der Waals surface area contributed by atoms with E-state index in [-0.39, 0.29) is 5.91 Å². The number of nitrogens with zero attached hydrogens (tertiary/aromatic N) is 1. The molecule has 3 aromatic rings. The van der Waals surface area contributed by atoms with E-state index in [2.05, 4.69) is 10.3 Å². The van der Waals surface area contributed by atoms with Crippen LogP contribution in [0.5, 0.6) is 5.75 Å². The Morgan fingerprint density at radius 2 is 2.00 bits per heavy atom. The Morgan fingerprint density at radius 1 is 1.23 bits per heavy atom. The van der Waals surface area contributed by atoms with Crippen LogP contribution in [0.4, 0.5) is 5.13 Å². The van der Waals surface area contributed by atoms with Gasteiger partial charge in [-0.25, -0.2) is 4.98 Å². The van der Waals surface area contributed by atoms with Crippen LogP contribution in [0.25, 0.3) is 11.3 Å². The maximum Gasteiger partial charge on any atom is 0.236 e. The van der Waals surface area contributed by atoms with E-state index in [0.29, 0.717) is 26.6 Å². The summed E-state index contributed by atoms with van der Waals surface area (Å²) in [5.41, 5.74) is 1.42. The lowest BCUT2D eigenvalue weighted by Crippen LogP contribution is -2.13. The highest BCUT2D eigenvalue weighted by Crippen LogP contribution is 2.32. The van der Waals surface area contributed by atoms with Gasteiger partial charge in [0, 0.05) is 20.9 Å². The normalized spacial score (nSPS) is 10.6. The largest absolute Gasteiger partial charge is 0.497 e. The van der Waals surface area contributed by atoms with Crippen LogP contribution in [0.3, 0.4) is 0 Å². The van der Waals surface area contributed by atoms with Gasteiger partial charge in [0.05, 0.1) is 23.6 Å². The van der Waals surface area contributed by atoms with Gasteiger partial charge in [0.2, 0.25) is 5.91 Å². The minimum Gasteiger partial charge on any atom is -0.497 e. The van der Waals surface area contributed by atoms with Gasteiger partial charge in [-0.15, -0.1) is 23.1 Å². The summed E-state index contributed by atoms with van der Waals surface area (Å²) < 4.78 is 5.12. The van der Waals surface area contributed by atoms with Crippen LogP contribution in [-0.2, 0) is 4.79 Å². The predicted octanol–water partition coefficient (Wildman–Crippen LogP) is 5.86. The van der Waals surface area contributed by atoms with Crippen LogP contribution < -0.4 is 10.1 Å². The molecular formula is C18H14Cl2N2O2S2. The molecule has 1 heterocycles. The van der Waals surface area contributed by atoms with Crippen molar-refractivity contribution in [1.82, 2.24) is 4.98 Å². The summed E-state index contributed by atoms with van der Waals surface area (Å²) in [5, 5.41) is 6.31. The molecule has 0 unspecified atom stereocenters. The van der Waals surface area contributed by atoms with Crippen molar-refractivity contribution in [3.8, 4) is 17.0 Å². The molecule has 0 saturated heterocycles. The number of hydrogen-bond donors (Lipinski definition) is 1. The molecule has 4 nitrogen and oxygen atoms in total. The van der Waals surface area contributed by atoms with Gasteiger partial charge >= 0.3 is 0 Å². The van der Waals surface area contributed by atoms with Crippen molar-refractivity contribution in [3.05, 3.63) is 57.9 Å². The molecule has 0 bridgehead atoms. The minimum absolute atomic E-state index is 0.121. The van der Waals surface area contributed by atoms with Gasteiger partial charge in [-0.1, -0.05) is 23.2 Å². The van der Waals surface area contributed by atoms with E-state index in [1.165, 1.54) is 23.1 Å². The fourth-order valence-electron chi connectivity index (χ4n) is 2.12. The number of nitrogens with one attached hydrogen (secondary N) is 1. The van der Waals surface area contributed by atoms with Crippen molar-refractivity contribution in [3.63, 3.8) is 0 Å². The second kappa shape index (κ2) is 8.77. The van der Waals surface area contributed by atoms with E-state index in [1.807, 2.05) is 29.6 Å². The molecular weight excluding hydrogens is 411 g/mol. The van der Waals surface area contributed by atoms with Gasteiger partial charge in [-0.2, -0.15) is 0 Å². The zero-order valence-corrected chi connectivity index (χ0v) is 16.8. The van der Waals surface area contributed by atoms with Gasteiger partial charge in [-0.3, -0.25) is 4.79 Å². The van der Waals surface area contributed by atoms with E-state index in [9.17, 15) is 4.79 Å². The number of thioether (sulfide) groups is 1. The van der Waals surface area contributed by atoms with Gasteiger partial charge in [0.25, 0.3) is 0 Å². The van der Waals surface area contributed by atoms with E-state index in [1.54, 1.807) is 25.3 Å². The summed E-state index contributed by atoms with van der Waals surface area (Å²) in [6.45, 7) is 0. The second-order valence-electron chi connectivity index (χ2n) is 5.17. The summed E-state index contributed by atoms with van der Waals surface area (Å²) in [5.74, 6) is 0.955. The Labute approximate surface area is 169 Å². The van der Waals surface area contributed by atoms with Gasteiger partial charge in [-0.05, 0) is 42.5 Å². The number of hydrogen-bond acceptors (Lipinski definition) is 5. The molecule has 3 rings (SSSR count). The molecule has 1 amide bonds. The van der Waals surface area contributed by atoms with E-state index >= 15 is 0 Å². The molecule has 134 valence electrons. The molecule has 2 aromatic carbocycles. The molecule has 1 N–H and O–H groups in total. The molecule has 0 fully saturated rings. The highest BCUT2D eigenvalue weighted by molar-refractivity contribution is 8.00. The van der Waals surface area contributed by atoms with Crippen LogP contribution in [0.15, 0.2) is 52.7 Å². The topological polar surface area (TPSA) is 51.2 Å². The average molecular weight is 425 g/mol. The van der Waals surface area contributed by atoms with Crippen LogP contribution in [0, 0.1) is 0 Å². The summed E-state index contributed by atoms with van der Waals surface area (Å²) in [4.78, 5) is 17.5. The first-order chi connectivity index (χ1) is 12.5. The van der Waals surface area contributed by atoms with E-state index in [0.717, 1.165) is 16.2 Å². The first kappa shape index (κ1) is 19.0.